The van der Waals surface area contributed by atoms with E-state index in [2.05, 4.69) is 4.98 Å². The Bertz CT molecular complexity index is 1440. The predicted molar refractivity (Wildman–Crippen MR) is 131 cm³/mol. The molecule has 166 valence electrons. The standard InChI is InChI=1S/C25H20N2O4S2/c1-13-6-8-16-19(11-13)33-25(26-16)27-21(18-5-4-10-32-18)20(23(29)24(27)30)22(28)15-7-9-17(31-3)14(2)12-15/h4-12,21,28H,1-3H3/t21-/m0/s1. The molecule has 1 aliphatic heterocycles. The number of Topliss-reactive ketones (excluding diaryl/α,β-unsaturated/α-hetero) is 1. The van der Waals surface area contributed by atoms with E-state index in [1.54, 1.807) is 25.3 Å². The SMILES string of the molecule is COc1ccc(C(O)=C2C(=O)C(=O)N(c3nc4ccc(C)cc4s3)[C@H]2c2cccs2)cc1C. The van der Waals surface area contributed by atoms with Gasteiger partial charge in [0.2, 0.25) is 0 Å². The average Bonchev–Trinajstić information content (AvgIpc) is 3.52. The minimum Gasteiger partial charge on any atom is -0.507 e. The smallest absolute Gasteiger partial charge is 0.301 e. The molecule has 6 nitrogen and oxygen atoms in total. The van der Waals surface area contributed by atoms with Crippen LogP contribution in [-0.4, -0.2) is 28.9 Å². The van der Waals surface area contributed by atoms with Crippen molar-refractivity contribution in [2.45, 2.75) is 19.9 Å². The number of amides is 1. The fourth-order valence-electron chi connectivity index (χ4n) is 4.05. The van der Waals surface area contributed by atoms with Crippen LogP contribution in [0.1, 0.15) is 27.6 Å². The van der Waals surface area contributed by atoms with Gasteiger partial charge in [-0.2, -0.15) is 0 Å². The van der Waals surface area contributed by atoms with Gasteiger partial charge in [0.05, 0.1) is 22.9 Å². The highest BCUT2D eigenvalue weighted by molar-refractivity contribution is 7.22. The van der Waals surface area contributed by atoms with Gasteiger partial charge in [-0.15, -0.1) is 11.3 Å². The first-order valence-electron chi connectivity index (χ1n) is 10.3. The third kappa shape index (κ3) is 3.51. The van der Waals surface area contributed by atoms with E-state index < -0.39 is 17.7 Å². The lowest BCUT2D eigenvalue weighted by molar-refractivity contribution is -0.132. The van der Waals surface area contributed by atoms with Crippen molar-refractivity contribution in [3.8, 4) is 5.75 Å². The van der Waals surface area contributed by atoms with Crippen LogP contribution < -0.4 is 9.64 Å². The second kappa shape index (κ2) is 8.13. The van der Waals surface area contributed by atoms with Gasteiger partial charge in [-0.1, -0.05) is 23.5 Å². The summed E-state index contributed by atoms with van der Waals surface area (Å²) in [6.07, 6.45) is 0. The molecule has 4 aromatic rings. The van der Waals surface area contributed by atoms with E-state index in [1.807, 2.05) is 49.6 Å². The Morgan fingerprint density at radius 2 is 1.94 bits per heavy atom. The number of anilines is 1. The number of aliphatic hydroxyl groups excluding tert-OH is 1. The van der Waals surface area contributed by atoms with Gasteiger partial charge in [-0.25, -0.2) is 4.98 Å². The van der Waals surface area contributed by atoms with E-state index in [-0.39, 0.29) is 11.3 Å². The number of aromatic nitrogens is 1. The lowest BCUT2D eigenvalue weighted by Gasteiger charge is -2.21. The highest BCUT2D eigenvalue weighted by atomic mass is 32.1. The first-order chi connectivity index (χ1) is 15.9. The molecule has 1 saturated heterocycles. The molecule has 1 aliphatic rings. The maximum atomic E-state index is 13.3. The lowest BCUT2D eigenvalue weighted by atomic mass is 9.99. The van der Waals surface area contributed by atoms with Crippen LogP contribution in [0.2, 0.25) is 0 Å². The number of benzene rings is 2. The number of nitrogens with zero attached hydrogens (tertiary/aromatic N) is 2. The van der Waals surface area contributed by atoms with Gasteiger partial charge in [-0.05, 0) is 66.8 Å². The molecule has 8 heteroatoms. The number of methoxy groups -OCH3 is 1. The van der Waals surface area contributed by atoms with Crippen LogP contribution in [0.4, 0.5) is 5.13 Å². The van der Waals surface area contributed by atoms with Gasteiger partial charge in [0.25, 0.3) is 5.78 Å². The van der Waals surface area contributed by atoms with Crippen molar-refractivity contribution >= 4 is 55.5 Å². The van der Waals surface area contributed by atoms with Gasteiger partial charge in [0, 0.05) is 10.4 Å². The van der Waals surface area contributed by atoms with Crippen LogP contribution in [0, 0.1) is 13.8 Å². The molecule has 0 radical (unpaired) electrons. The molecule has 2 aromatic carbocycles. The molecule has 1 fully saturated rings. The molecule has 0 aliphatic carbocycles. The van der Waals surface area contributed by atoms with E-state index in [0.29, 0.717) is 16.4 Å². The molecule has 3 heterocycles. The zero-order chi connectivity index (χ0) is 23.3. The Kier molecular flexibility index (Phi) is 5.26. The first kappa shape index (κ1) is 21.4. The number of carbonyl (C=O) groups is 2. The largest absolute Gasteiger partial charge is 0.507 e. The molecule has 0 saturated carbocycles. The predicted octanol–water partition coefficient (Wildman–Crippen LogP) is 5.61. The molecule has 1 atom stereocenters. The molecule has 33 heavy (non-hydrogen) atoms. The summed E-state index contributed by atoms with van der Waals surface area (Å²) in [4.78, 5) is 33.3. The molecule has 1 amide bonds. The molecular weight excluding hydrogens is 456 g/mol. The number of rotatable bonds is 4. The number of ketones is 1. The Morgan fingerprint density at radius 1 is 1.12 bits per heavy atom. The summed E-state index contributed by atoms with van der Waals surface area (Å²) < 4.78 is 6.24. The quantitative estimate of drug-likeness (QED) is 0.235. The third-order valence-electron chi connectivity index (χ3n) is 5.66. The summed E-state index contributed by atoms with van der Waals surface area (Å²) in [5, 5.41) is 13.5. The van der Waals surface area contributed by atoms with Gasteiger partial charge in [-0.3, -0.25) is 14.5 Å². The van der Waals surface area contributed by atoms with Gasteiger partial charge < -0.3 is 9.84 Å². The van der Waals surface area contributed by atoms with E-state index >= 15 is 0 Å². The molecule has 0 spiro atoms. The van der Waals surface area contributed by atoms with E-state index in [4.69, 9.17) is 4.74 Å². The van der Waals surface area contributed by atoms with Gasteiger partial charge >= 0.3 is 5.91 Å². The monoisotopic (exact) mass is 476 g/mol. The molecule has 0 unspecified atom stereocenters. The van der Waals surface area contributed by atoms with Crippen LogP contribution in [0.15, 0.2) is 59.5 Å². The Balaban J connectivity index is 1.70. The number of carbonyl (C=O) groups excluding carboxylic acids is 2. The zero-order valence-corrected chi connectivity index (χ0v) is 19.8. The third-order valence-corrected chi connectivity index (χ3v) is 7.61. The van der Waals surface area contributed by atoms with E-state index in [1.165, 1.54) is 27.6 Å². The maximum Gasteiger partial charge on any atom is 0.301 e. The topological polar surface area (TPSA) is 79.7 Å². The lowest BCUT2D eigenvalue weighted by Crippen LogP contribution is -2.28. The summed E-state index contributed by atoms with van der Waals surface area (Å²) in [7, 11) is 1.57. The van der Waals surface area contributed by atoms with E-state index in [0.717, 1.165) is 26.2 Å². The van der Waals surface area contributed by atoms with Gasteiger partial charge in [0.1, 0.15) is 17.6 Å². The highest BCUT2D eigenvalue weighted by Gasteiger charge is 2.48. The van der Waals surface area contributed by atoms with Crippen molar-refractivity contribution in [3.63, 3.8) is 0 Å². The number of hydrogen-bond donors (Lipinski definition) is 1. The van der Waals surface area contributed by atoms with Crippen molar-refractivity contribution in [1.29, 1.82) is 0 Å². The highest BCUT2D eigenvalue weighted by Crippen LogP contribution is 2.45. The van der Waals surface area contributed by atoms with Crippen LogP contribution in [0.25, 0.3) is 16.0 Å². The Morgan fingerprint density at radius 3 is 2.64 bits per heavy atom. The summed E-state index contributed by atoms with van der Waals surface area (Å²) in [6.45, 7) is 3.85. The van der Waals surface area contributed by atoms with Crippen LogP contribution in [0.3, 0.4) is 0 Å². The minimum absolute atomic E-state index is 0.0578. The fourth-order valence-corrected chi connectivity index (χ4v) is 5.96. The van der Waals surface area contributed by atoms with Crippen molar-refractivity contribution in [2.75, 3.05) is 12.0 Å². The minimum atomic E-state index is -0.755. The van der Waals surface area contributed by atoms with E-state index in [9.17, 15) is 14.7 Å². The summed E-state index contributed by atoms with van der Waals surface area (Å²) in [5.41, 5.74) is 3.17. The number of hydrogen-bond acceptors (Lipinski definition) is 7. The first-order valence-corrected chi connectivity index (χ1v) is 11.9. The molecule has 0 bridgehead atoms. The fraction of sp³-hybridized carbons (Fsp3) is 0.160. The molecule has 2 aromatic heterocycles. The van der Waals surface area contributed by atoms with Crippen molar-refractivity contribution in [1.82, 2.24) is 4.98 Å². The average molecular weight is 477 g/mol. The molecular formula is C25H20N2O4S2. The molecule has 5 rings (SSSR count). The maximum absolute atomic E-state index is 13.3. The Labute approximate surface area is 198 Å². The normalized spacial score (nSPS) is 17.8. The Hall–Kier alpha value is -3.49. The number of thiophene rings is 1. The van der Waals surface area contributed by atoms with Crippen LogP contribution in [-0.2, 0) is 9.59 Å². The summed E-state index contributed by atoms with van der Waals surface area (Å²) in [6, 6.07) is 14.0. The van der Waals surface area contributed by atoms with Gasteiger partial charge in [0.15, 0.2) is 5.13 Å². The molecule has 1 N–H and O–H groups in total. The number of ether oxygens (including phenoxy) is 1. The van der Waals surface area contributed by atoms with Crippen molar-refractivity contribution in [2.24, 2.45) is 0 Å². The second-order valence-electron chi connectivity index (χ2n) is 7.84. The number of thiazole rings is 1. The van der Waals surface area contributed by atoms with Crippen LogP contribution in [0.5, 0.6) is 5.75 Å². The van der Waals surface area contributed by atoms with Crippen LogP contribution >= 0.6 is 22.7 Å². The summed E-state index contributed by atoms with van der Waals surface area (Å²) >= 11 is 2.78. The number of aryl methyl sites for hydroxylation is 2. The summed E-state index contributed by atoms with van der Waals surface area (Å²) in [5.74, 6) is -0.964. The number of aliphatic hydroxyl groups is 1. The zero-order valence-electron chi connectivity index (χ0n) is 18.2. The second-order valence-corrected chi connectivity index (χ2v) is 9.82. The van der Waals surface area contributed by atoms with Crippen molar-refractivity contribution < 1.29 is 19.4 Å². The van der Waals surface area contributed by atoms with Crippen molar-refractivity contribution in [3.05, 3.63) is 81.1 Å². The number of fused-ring (bicyclic) bond motifs is 1.